The van der Waals surface area contributed by atoms with Crippen LogP contribution in [0.2, 0.25) is 0 Å². The number of aromatic nitrogens is 1. The van der Waals surface area contributed by atoms with Crippen molar-refractivity contribution in [2.24, 2.45) is 5.92 Å². The summed E-state index contributed by atoms with van der Waals surface area (Å²) in [7, 11) is 0. The largest absolute Gasteiger partial charge is 0.350 e. The van der Waals surface area contributed by atoms with Crippen molar-refractivity contribution in [2.75, 3.05) is 6.54 Å². The van der Waals surface area contributed by atoms with E-state index in [0.717, 1.165) is 11.1 Å². The van der Waals surface area contributed by atoms with Gasteiger partial charge in [-0.05, 0) is 34.7 Å². The molecule has 0 saturated heterocycles. The van der Waals surface area contributed by atoms with Crippen LogP contribution in [0.5, 0.6) is 0 Å². The Hall–Kier alpha value is -0.420. The molecule has 1 saturated carbocycles. The monoisotopic (exact) mass is 260 g/mol. The first-order chi connectivity index (χ1) is 6.25. The highest BCUT2D eigenvalue weighted by molar-refractivity contribution is 9.10. The van der Waals surface area contributed by atoms with Gasteiger partial charge in [-0.3, -0.25) is 4.79 Å². The molecule has 0 unspecified atom stereocenters. The average Bonchev–Trinajstić information content (AvgIpc) is 2.84. The van der Waals surface area contributed by atoms with E-state index in [1.165, 1.54) is 24.2 Å². The molecule has 0 bridgehead atoms. The molecule has 1 aromatic heterocycles. The summed E-state index contributed by atoms with van der Waals surface area (Å²) in [5, 5.41) is 5.21. The molecule has 70 valence electrons. The normalized spacial score (nSPS) is 15.8. The van der Waals surface area contributed by atoms with Crippen LogP contribution in [0, 0.1) is 5.92 Å². The Balaban J connectivity index is 1.88. The van der Waals surface area contributed by atoms with Gasteiger partial charge < -0.3 is 5.32 Å². The fraction of sp³-hybridized carbons (Fsp3) is 0.500. The third-order valence-electron chi connectivity index (χ3n) is 1.92. The predicted molar refractivity (Wildman–Crippen MR) is 54.9 cm³/mol. The summed E-state index contributed by atoms with van der Waals surface area (Å²) in [6.45, 7) is 0.802. The Morgan fingerprint density at radius 1 is 1.77 bits per heavy atom. The smallest absolute Gasteiger partial charge is 0.280 e. The number of halogens is 1. The highest BCUT2D eigenvalue weighted by atomic mass is 79.9. The van der Waals surface area contributed by atoms with Crippen molar-refractivity contribution in [1.29, 1.82) is 0 Å². The molecule has 1 aliphatic carbocycles. The molecule has 2 rings (SSSR count). The standard InChI is InChI=1S/C8H9BrN2OS/c9-6-4-13-8(11-6)7(12)10-3-5-1-2-5/h4-5H,1-3H2,(H,10,12). The highest BCUT2D eigenvalue weighted by Crippen LogP contribution is 2.27. The lowest BCUT2D eigenvalue weighted by Crippen LogP contribution is -2.25. The maximum Gasteiger partial charge on any atom is 0.280 e. The van der Waals surface area contributed by atoms with Gasteiger partial charge in [0.1, 0.15) is 4.60 Å². The minimum absolute atomic E-state index is 0.0531. The summed E-state index contributed by atoms with van der Waals surface area (Å²) in [5.41, 5.74) is 0. The zero-order valence-corrected chi connectivity index (χ0v) is 9.32. The van der Waals surface area contributed by atoms with E-state index >= 15 is 0 Å². The minimum Gasteiger partial charge on any atom is -0.350 e. The summed E-state index contributed by atoms with van der Waals surface area (Å²) < 4.78 is 0.731. The van der Waals surface area contributed by atoms with Gasteiger partial charge >= 0.3 is 0 Å². The van der Waals surface area contributed by atoms with Gasteiger partial charge in [-0.15, -0.1) is 11.3 Å². The van der Waals surface area contributed by atoms with Crippen molar-refractivity contribution in [2.45, 2.75) is 12.8 Å². The second-order valence-corrected chi connectivity index (χ2v) is 4.80. The lowest BCUT2D eigenvalue weighted by molar-refractivity contribution is 0.0951. The average molecular weight is 261 g/mol. The van der Waals surface area contributed by atoms with Crippen molar-refractivity contribution in [3.63, 3.8) is 0 Å². The summed E-state index contributed by atoms with van der Waals surface area (Å²) >= 11 is 4.57. The number of nitrogens with zero attached hydrogens (tertiary/aromatic N) is 1. The Bertz CT molecular complexity index is 322. The predicted octanol–water partition coefficient (Wildman–Crippen LogP) is 2.05. The van der Waals surface area contributed by atoms with Crippen LogP contribution < -0.4 is 5.32 Å². The summed E-state index contributed by atoms with van der Waals surface area (Å²) in [6, 6.07) is 0. The Kier molecular flexibility index (Phi) is 2.64. The van der Waals surface area contributed by atoms with Crippen molar-refractivity contribution in [3.05, 3.63) is 15.0 Å². The molecule has 1 amide bonds. The molecule has 3 nitrogen and oxygen atoms in total. The maximum atomic E-state index is 11.4. The van der Waals surface area contributed by atoms with Gasteiger partial charge in [0.05, 0.1) is 0 Å². The van der Waals surface area contributed by atoms with Gasteiger partial charge in [-0.2, -0.15) is 0 Å². The Labute approximate surface area is 88.7 Å². The molecule has 0 aromatic carbocycles. The summed E-state index contributed by atoms with van der Waals surface area (Å²) in [4.78, 5) is 15.4. The number of hydrogen-bond acceptors (Lipinski definition) is 3. The Morgan fingerprint density at radius 2 is 2.54 bits per heavy atom. The number of carbonyl (C=O) groups is 1. The zero-order chi connectivity index (χ0) is 9.26. The van der Waals surface area contributed by atoms with Gasteiger partial charge in [-0.25, -0.2) is 4.98 Å². The summed E-state index contributed by atoms with van der Waals surface area (Å²) in [5.74, 6) is 0.662. The first-order valence-corrected chi connectivity index (χ1v) is 5.82. The van der Waals surface area contributed by atoms with E-state index in [0.29, 0.717) is 10.9 Å². The van der Waals surface area contributed by atoms with Gasteiger partial charge in [0.2, 0.25) is 0 Å². The third-order valence-corrected chi connectivity index (χ3v) is 3.47. The van der Waals surface area contributed by atoms with Crippen LogP contribution in [0.15, 0.2) is 9.98 Å². The van der Waals surface area contributed by atoms with Crippen molar-refractivity contribution >= 4 is 33.2 Å². The van der Waals surface area contributed by atoms with Crippen LogP contribution in [-0.4, -0.2) is 17.4 Å². The molecule has 0 radical (unpaired) electrons. The van der Waals surface area contributed by atoms with E-state index in [1.807, 2.05) is 5.38 Å². The number of rotatable bonds is 3. The van der Waals surface area contributed by atoms with Crippen LogP contribution >= 0.6 is 27.3 Å². The first kappa shape index (κ1) is 9.15. The lowest BCUT2D eigenvalue weighted by atomic mass is 10.4. The number of nitrogens with one attached hydrogen (secondary N) is 1. The molecule has 0 atom stereocenters. The van der Waals surface area contributed by atoms with Crippen LogP contribution in [0.1, 0.15) is 22.6 Å². The Morgan fingerprint density at radius 3 is 3.08 bits per heavy atom. The van der Waals surface area contributed by atoms with E-state index in [4.69, 9.17) is 0 Å². The van der Waals surface area contributed by atoms with Crippen LogP contribution in [0.25, 0.3) is 0 Å². The second kappa shape index (κ2) is 3.75. The molecule has 1 aromatic rings. The van der Waals surface area contributed by atoms with Gasteiger partial charge in [0.25, 0.3) is 5.91 Å². The van der Waals surface area contributed by atoms with Crippen LogP contribution in [-0.2, 0) is 0 Å². The molecule has 1 N–H and O–H groups in total. The highest BCUT2D eigenvalue weighted by Gasteiger charge is 2.22. The lowest BCUT2D eigenvalue weighted by Gasteiger charge is -1.99. The third kappa shape index (κ3) is 2.51. The first-order valence-electron chi connectivity index (χ1n) is 4.15. The van der Waals surface area contributed by atoms with Gasteiger partial charge in [-0.1, -0.05) is 0 Å². The SMILES string of the molecule is O=C(NCC1CC1)c1nc(Br)cs1. The van der Waals surface area contributed by atoms with Crippen LogP contribution in [0.3, 0.4) is 0 Å². The van der Waals surface area contributed by atoms with Gasteiger partial charge in [0.15, 0.2) is 5.01 Å². The number of hydrogen-bond donors (Lipinski definition) is 1. The van der Waals surface area contributed by atoms with E-state index in [1.54, 1.807) is 0 Å². The minimum atomic E-state index is -0.0531. The molecule has 0 spiro atoms. The maximum absolute atomic E-state index is 11.4. The molecule has 1 heterocycles. The van der Waals surface area contributed by atoms with Gasteiger partial charge in [0, 0.05) is 11.9 Å². The molecule has 1 aliphatic rings. The van der Waals surface area contributed by atoms with Crippen LogP contribution in [0.4, 0.5) is 0 Å². The molecule has 0 aliphatic heterocycles. The number of amides is 1. The topological polar surface area (TPSA) is 42.0 Å². The molecular weight excluding hydrogens is 252 g/mol. The second-order valence-electron chi connectivity index (χ2n) is 3.13. The number of thiazole rings is 1. The summed E-state index contributed by atoms with van der Waals surface area (Å²) in [6.07, 6.45) is 2.50. The fourth-order valence-corrected chi connectivity index (χ4v) is 2.16. The fourth-order valence-electron chi connectivity index (χ4n) is 0.993. The van der Waals surface area contributed by atoms with Crippen molar-refractivity contribution in [1.82, 2.24) is 10.3 Å². The quantitative estimate of drug-likeness (QED) is 0.904. The van der Waals surface area contributed by atoms with E-state index in [-0.39, 0.29) is 5.91 Å². The molecule has 13 heavy (non-hydrogen) atoms. The molecule has 1 fully saturated rings. The van der Waals surface area contributed by atoms with E-state index < -0.39 is 0 Å². The van der Waals surface area contributed by atoms with Crippen molar-refractivity contribution in [3.8, 4) is 0 Å². The van der Waals surface area contributed by atoms with E-state index in [9.17, 15) is 4.79 Å². The van der Waals surface area contributed by atoms with E-state index in [2.05, 4.69) is 26.2 Å². The molecule has 5 heteroatoms. The molecular formula is C8H9BrN2OS. The van der Waals surface area contributed by atoms with Crippen molar-refractivity contribution < 1.29 is 4.79 Å². The zero-order valence-electron chi connectivity index (χ0n) is 6.92. The number of carbonyl (C=O) groups excluding carboxylic acids is 1.